The van der Waals surface area contributed by atoms with Crippen molar-refractivity contribution in [1.29, 1.82) is 0 Å². The molecule has 3 aromatic rings. The topological polar surface area (TPSA) is 36.1 Å². The van der Waals surface area contributed by atoms with E-state index in [0.29, 0.717) is 19.0 Å². The van der Waals surface area contributed by atoms with E-state index in [2.05, 4.69) is 4.98 Å². The number of halogens is 1. The van der Waals surface area contributed by atoms with E-state index < -0.39 is 0 Å². The zero-order chi connectivity index (χ0) is 16.5. The summed E-state index contributed by atoms with van der Waals surface area (Å²) in [7, 11) is 0. The molecule has 24 heavy (non-hydrogen) atoms. The van der Waals surface area contributed by atoms with Gasteiger partial charge in [0.25, 0.3) is 0 Å². The van der Waals surface area contributed by atoms with Crippen molar-refractivity contribution in [2.75, 3.05) is 0 Å². The van der Waals surface area contributed by atoms with Crippen LogP contribution in [0.2, 0.25) is 0 Å². The van der Waals surface area contributed by atoms with E-state index in [1.807, 2.05) is 41.4 Å². The second-order valence-corrected chi connectivity index (χ2v) is 6.42. The van der Waals surface area contributed by atoms with Crippen molar-refractivity contribution in [3.63, 3.8) is 0 Å². The van der Waals surface area contributed by atoms with E-state index in [1.54, 1.807) is 6.07 Å². The van der Waals surface area contributed by atoms with Crippen molar-refractivity contribution in [3.05, 3.63) is 71.7 Å². The molecule has 4 heteroatoms. The number of nitrogens with zero attached hydrogens (tertiary/aromatic N) is 1. The lowest BCUT2D eigenvalue weighted by molar-refractivity contribution is -0.131. The van der Waals surface area contributed by atoms with Gasteiger partial charge in [-0.05, 0) is 42.2 Å². The SMILES string of the molecule is O=C(Cc1c[nH]c2ccccc12)N(Cc1cccc(F)c1)C1CC1. The van der Waals surface area contributed by atoms with Crippen molar-refractivity contribution < 1.29 is 9.18 Å². The molecule has 4 rings (SSSR count). The molecule has 1 N–H and O–H groups in total. The van der Waals surface area contributed by atoms with Gasteiger partial charge in [-0.1, -0.05) is 30.3 Å². The molecule has 0 atom stereocenters. The van der Waals surface area contributed by atoms with Gasteiger partial charge >= 0.3 is 0 Å². The number of carbonyl (C=O) groups excluding carboxylic acids is 1. The van der Waals surface area contributed by atoms with Crippen LogP contribution in [-0.2, 0) is 17.8 Å². The number of carbonyl (C=O) groups is 1. The second kappa shape index (κ2) is 6.11. The van der Waals surface area contributed by atoms with E-state index in [0.717, 1.165) is 34.9 Å². The van der Waals surface area contributed by atoms with E-state index in [-0.39, 0.29) is 11.7 Å². The predicted molar refractivity (Wildman–Crippen MR) is 92.0 cm³/mol. The maximum atomic E-state index is 13.4. The fourth-order valence-corrected chi connectivity index (χ4v) is 3.18. The highest BCUT2D eigenvalue weighted by molar-refractivity contribution is 5.89. The van der Waals surface area contributed by atoms with E-state index in [9.17, 15) is 9.18 Å². The molecule has 1 aromatic heterocycles. The summed E-state index contributed by atoms with van der Waals surface area (Å²) in [6, 6.07) is 14.8. The first-order chi connectivity index (χ1) is 11.7. The minimum Gasteiger partial charge on any atom is -0.361 e. The normalized spacial score (nSPS) is 14.0. The van der Waals surface area contributed by atoms with Gasteiger partial charge in [-0.2, -0.15) is 0 Å². The third kappa shape index (κ3) is 3.04. The zero-order valence-electron chi connectivity index (χ0n) is 13.3. The number of nitrogens with one attached hydrogen (secondary N) is 1. The predicted octanol–water partition coefficient (Wildman–Crippen LogP) is 4.04. The molecule has 0 bridgehead atoms. The Morgan fingerprint density at radius 1 is 1.17 bits per heavy atom. The van der Waals surface area contributed by atoms with Crippen molar-refractivity contribution >= 4 is 16.8 Å². The van der Waals surface area contributed by atoms with Gasteiger partial charge < -0.3 is 9.88 Å². The first-order valence-corrected chi connectivity index (χ1v) is 8.29. The molecule has 1 fully saturated rings. The van der Waals surface area contributed by atoms with Gasteiger partial charge in [0.2, 0.25) is 5.91 Å². The van der Waals surface area contributed by atoms with Crippen molar-refractivity contribution in [2.45, 2.75) is 31.8 Å². The summed E-state index contributed by atoms with van der Waals surface area (Å²) in [5.41, 5.74) is 2.90. The molecule has 122 valence electrons. The van der Waals surface area contributed by atoms with Crippen molar-refractivity contribution in [2.24, 2.45) is 0 Å². The number of hydrogen-bond acceptors (Lipinski definition) is 1. The summed E-state index contributed by atoms with van der Waals surface area (Å²) in [5.74, 6) is -0.154. The largest absolute Gasteiger partial charge is 0.361 e. The molecule has 1 saturated carbocycles. The number of fused-ring (bicyclic) bond motifs is 1. The summed E-state index contributed by atoms with van der Waals surface area (Å²) in [5, 5.41) is 1.09. The maximum absolute atomic E-state index is 13.4. The highest BCUT2D eigenvalue weighted by Gasteiger charge is 2.32. The van der Waals surface area contributed by atoms with Crippen LogP contribution in [0.3, 0.4) is 0 Å². The number of H-pyrrole nitrogens is 1. The summed E-state index contributed by atoms with van der Waals surface area (Å²) in [6.07, 6.45) is 4.36. The standard InChI is InChI=1S/C20H19FN2O/c21-16-5-3-4-14(10-16)13-23(17-8-9-17)20(24)11-15-12-22-19-7-2-1-6-18(15)19/h1-7,10,12,17,22H,8-9,11,13H2. The van der Waals surface area contributed by atoms with Crippen molar-refractivity contribution in [1.82, 2.24) is 9.88 Å². The number of para-hydroxylation sites is 1. The molecule has 1 heterocycles. The Balaban J connectivity index is 1.54. The van der Waals surface area contributed by atoms with Crippen LogP contribution in [-0.4, -0.2) is 21.8 Å². The molecule has 0 saturated heterocycles. The number of rotatable bonds is 5. The average molecular weight is 322 g/mol. The lowest BCUT2D eigenvalue weighted by atomic mass is 10.1. The van der Waals surface area contributed by atoms with Gasteiger partial charge in [-0.25, -0.2) is 4.39 Å². The Bertz CT molecular complexity index is 882. The Labute approximate surface area is 140 Å². The lowest BCUT2D eigenvalue weighted by Gasteiger charge is -2.22. The molecular weight excluding hydrogens is 303 g/mol. The molecule has 0 radical (unpaired) electrons. The average Bonchev–Trinajstić information content (AvgIpc) is 3.35. The van der Waals surface area contributed by atoms with Crippen LogP contribution in [0.5, 0.6) is 0 Å². The van der Waals surface area contributed by atoms with Gasteiger partial charge in [0.15, 0.2) is 0 Å². The Morgan fingerprint density at radius 2 is 2.00 bits per heavy atom. The van der Waals surface area contributed by atoms with Gasteiger partial charge in [0.05, 0.1) is 6.42 Å². The number of hydrogen-bond donors (Lipinski definition) is 1. The van der Waals surface area contributed by atoms with Crippen molar-refractivity contribution in [3.8, 4) is 0 Å². The molecule has 1 aliphatic rings. The molecular formula is C20H19FN2O. The number of aromatic amines is 1. The fraction of sp³-hybridized carbons (Fsp3) is 0.250. The smallest absolute Gasteiger partial charge is 0.227 e. The Kier molecular flexibility index (Phi) is 3.81. The summed E-state index contributed by atoms with van der Waals surface area (Å²) >= 11 is 0. The van der Waals surface area contributed by atoms with Gasteiger partial charge in [0, 0.05) is 29.7 Å². The fourth-order valence-electron chi connectivity index (χ4n) is 3.18. The van der Waals surface area contributed by atoms with Crippen LogP contribution in [0.15, 0.2) is 54.7 Å². The quantitative estimate of drug-likeness (QED) is 0.756. The third-order valence-corrected chi connectivity index (χ3v) is 4.57. The molecule has 0 unspecified atom stereocenters. The molecule has 1 amide bonds. The van der Waals surface area contributed by atoms with Crippen LogP contribution < -0.4 is 0 Å². The zero-order valence-corrected chi connectivity index (χ0v) is 13.3. The Morgan fingerprint density at radius 3 is 2.79 bits per heavy atom. The number of amides is 1. The first-order valence-electron chi connectivity index (χ1n) is 8.29. The maximum Gasteiger partial charge on any atom is 0.227 e. The monoisotopic (exact) mass is 322 g/mol. The summed E-state index contributed by atoms with van der Waals surface area (Å²) in [6.45, 7) is 0.476. The van der Waals surface area contributed by atoms with E-state index in [1.165, 1.54) is 12.1 Å². The van der Waals surface area contributed by atoms with Gasteiger partial charge in [-0.3, -0.25) is 4.79 Å². The number of aromatic nitrogens is 1. The van der Waals surface area contributed by atoms with Crippen LogP contribution in [0.1, 0.15) is 24.0 Å². The van der Waals surface area contributed by atoms with E-state index in [4.69, 9.17) is 0 Å². The van der Waals surface area contributed by atoms with Crippen LogP contribution in [0, 0.1) is 5.82 Å². The molecule has 1 aliphatic carbocycles. The van der Waals surface area contributed by atoms with Crippen LogP contribution in [0.25, 0.3) is 10.9 Å². The highest BCUT2D eigenvalue weighted by Crippen LogP contribution is 2.30. The van der Waals surface area contributed by atoms with Gasteiger partial charge in [-0.15, -0.1) is 0 Å². The molecule has 2 aromatic carbocycles. The van der Waals surface area contributed by atoms with Gasteiger partial charge in [0.1, 0.15) is 5.82 Å². The van der Waals surface area contributed by atoms with Crippen LogP contribution in [0.4, 0.5) is 4.39 Å². The van der Waals surface area contributed by atoms with E-state index >= 15 is 0 Å². The van der Waals surface area contributed by atoms with Crippen LogP contribution >= 0.6 is 0 Å². The summed E-state index contributed by atoms with van der Waals surface area (Å²) < 4.78 is 13.4. The summed E-state index contributed by atoms with van der Waals surface area (Å²) in [4.78, 5) is 18.0. The molecule has 0 spiro atoms. The number of benzene rings is 2. The molecule has 3 nitrogen and oxygen atoms in total. The minimum atomic E-state index is -0.257. The third-order valence-electron chi connectivity index (χ3n) is 4.57. The second-order valence-electron chi connectivity index (χ2n) is 6.42. The highest BCUT2D eigenvalue weighted by atomic mass is 19.1. The minimum absolute atomic E-state index is 0.103. The Hall–Kier alpha value is -2.62. The lowest BCUT2D eigenvalue weighted by Crippen LogP contribution is -2.33. The first kappa shape index (κ1) is 14.9. The molecule has 0 aliphatic heterocycles.